The van der Waals surface area contributed by atoms with E-state index in [2.05, 4.69) is 21.7 Å². The van der Waals surface area contributed by atoms with E-state index < -0.39 is 0 Å². The minimum Gasteiger partial charge on any atom is -0.335 e. The summed E-state index contributed by atoms with van der Waals surface area (Å²) >= 11 is 0. The van der Waals surface area contributed by atoms with Crippen LogP contribution in [-0.4, -0.2) is 52.9 Å². The van der Waals surface area contributed by atoms with Crippen molar-refractivity contribution in [2.75, 3.05) is 27.7 Å². The summed E-state index contributed by atoms with van der Waals surface area (Å²) in [5.74, 6) is 0.867. The molecular formula is C18H24N4O. The molecule has 0 aliphatic heterocycles. The zero-order chi connectivity index (χ0) is 16.7. The molecule has 0 N–H and O–H groups in total. The molecule has 0 aliphatic rings. The quantitative estimate of drug-likeness (QED) is 0.734. The number of nitrogens with zero attached hydrogens (tertiary/aromatic N) is 4. The molecule has 122 valence electrons. The molecular weight excluding hydrogens is 288 g/mol. The molecule has 1 aromatic carbocycles. The van der Waals surface area contributed by atoms with E-state index in [1.165, 1.54) is 5.56 Å². The molecule has 0 aliphatic carbocycles. The first kappa shape index (κ1) is 17.0. The molecule has 0 atom stereocenters. The number of imidazole rings is 1. The van der Waals surface area contributed by atoms with E-state index in [0.717, 1.165) is 18.9 Å². The molecule has 2 rings (SSSR count). The minimum absolute atomic E-state index is 0.0129. The number of hydrogen-bond donors (Lipinski definition) is 0. The van der Waals surface area contributed by atoms with Crippen LogP contribution < -0.4 is 0 Å². The molecule has 0 unspecified atom stereocenters. The van der Waals surface area contributed by atoms with E-state index >= 15 is 0 Å². The SMILES string of the molecule is CN(C)C/C=C/C(=O)N(C)Cc1nccn1Cc1ccccc1. The maximum absolute atomic E-state index is 12.1. The minimum atomic E-state index is -0.0129. The zero-order valence-corrected chi connectivity index (χ0v) is 14.0. The van der Waals surface area contributed by atoms with Gasteiger partial charge in [0.1, 0.15) is 5.82 Å². The Hall–Kier alpha value is -2.40. The highest BCUT2D eigenvalue weighted by Gasteiger charge is 2.10. The molecule has 2 aromatic rings. The second-order valence-corrected chi connectivity index (χ2v) is 5.82. The van der Waals surface area contributed by atoms with Gasteiger partial charge in [0.15, 0.2) is 0 Å². The lowest BCUT2D eigenvalue weighted by atomic mass is 10.2. The first-order valence-electron chi connectivity index (χ1n) is 7.66. The molecule has 1 aromatic heterocycles. The van der Waals surface area contributed by atoms with E-state index in [4.69, 9.17) is 0 Å². The van der Waals surface area contributed by atoms with Crippen molar-refractivity contribution >= 4 is 5.91 Å². The summed E-state index contributed by atoms with van der Waals surface area (Å²) in [4.78, 5) is 20.2. The van der Waals surface area contributed by atoms with Crippen LogP contribution in [-0.2, 0) is 17.9 Å². The van der Waals surface area contributed by atoms with Gasteiger partial charge in [0, 0.05) is 38.6 Å². The van der Waals surface area contributed by atoms with E-state index in [9.17, 15) is 4.79 Å². The maximum atomic E-state index is 12.1. The molecule has 0 radical (unpaired) electrons. The summed E-state index contributed by atoms with van der Waals surface area (Å²) in [6, 6.07) is 10.2. The normalized spacial score (nSPS) is 11.3. The van der Waals surface area contributed by atoms with Gasteiger partial charge in [0.25, 0.3) is 0 Å². The molecule has 0 saturated heterocycles. The van der Waals surface area contributed by atoms with Crippen LogP contribution in [0.2, 0.25) is 0 Å². The summed E-state index contributed by atoms with van der Waals surface area (Å²) in [6.07, 6.45) is 7.21. The van der Waals surface area contributed by atoms with Gasteiger partial charge < -0.3 is 14.4 Å². The third-order valence-corrected chi connectivity index (χ3v) is 3.48. The number of aromatic nitrogens is 2. The fourth-order valence-corrected chi connectivity index (χ4v) is 2.20. The summed E-state index contributed by atoms with van der Waals surface area (Å²) < 4.78 is 2.07. The maximum Gasteiger partial charge on any atom is 0.246 e. The third-order valence-electron chi connectivity index (χ3n) is 3.48. The lowest BCUT2D eigenvalue weighted by Gasteiger charge is -2.16. The summed E-state index contributed by atoms with van der Waals surface area (Å²) in [6.45, 7) is 2.00. The molecule has 5 nitrogen and oxygen atoms in total. The zero-order valence-electron chi connectivity index (χ0n) is 14.0. The van der Waals surface area contributed by atoms with Crippen LogP contribution in [0.1, 0.15) is 11.4 Å². The number of carbonyl (C=O) groups excluding carboxylic acids is 1. The van der Waals surface area contributed by atoms with Crippen molar-refractivity contribution in [2.45, 2.75) is 13.1 Å². The van der Waals surface area contributed by atoms with Crippen LogP contribution in [0.4, 0.5) is 0 Å². The van der Waals surface area contributed by atoms with Crippen LogP contribution in [0.5, 0.6) is 0 Å². The largest absolute Gasteiger partial charge is 0.335 e. The molecule has 0 spiro atoms. The van der Waals surface area contributed by atoms with Crippen LogP contribution >= 0.6 is 0 Å². The van der Waals surface area contributed by atoms with Crippen LogP contribution in [0, 0.1) is 0 Å². The lowest BCUT2D eigenvalue weighted by molar-refractivity contribution is -0.125. The van der Waals surface area contributed by atoms with E-state index in [1.54, 1.807) is 24.2 Å². The first-order chi connectivity index (χ1) is 11.1. The van der Waals surface area contributed by atoms with Gasteiger partial charge in [-0.05, 0) is 19.7 Å². The van der Waals surface area contributed by atoms with E-state index in [-0.39, 0.29) is 5.91 Å². The topological polar surface area (TPSA) is 41.4 Å². The average molecular weight is 312 g/mol. The van der Waals surface area contributed by atoms with Gasteiger partial charge in [0.2, 0.25) is 5.91 Å². The number of hydrogen-bond acceptors (Lipinski definition) is 3. The van der Waals surface area contributed by atoms with Gasteiger partial charge in [0.05, 0.1) is 6.54 Å². The predicted molar refractivity (Wildman–Crippen MR) is 91.9 cm³/mol. The number of amides is 1. The van der Waals surface area contributed by atoms with E-state index in [0.29, 0.717) is 6.54 Å². The molecule has 23 heavy (non-hydrogen) atoms. The Bertz CT molecular complexity index is 646. The number of likely N-dealkylation sites (N-methyl/N-ethyl adjacent to an activating group) is 2. The molecule has 0 bridgehead atoms. The highest BCUT2D eigenvalue weighted by Crippen LogP contribution is 2.07. The summed E-state index contributed by atoms with van der Waals surface area (Å²) in [7, 11) is 5.74. The molecule has 0 saturated carbocycles. The fraction of sp³-hybridized carbons (Fsp3) is 0.333. The molecule has 5 heteroatoms. The van der Waals surface area contributed by atoms with Crippen molar-refractivity contribution in [1.29, 1.82) is 0 Å². The monoisotopic (exact) mass is 312 g/mol. The smallest absolute Gasteiger partial charge is 0.246 e. The highest BCUT2D eigenvalue weighted by atomic mass is 16.2. The van der Waals surface area contributed by atoms with Crippen molar-refractivity contribution in [3.05, 3.63) is 66.3 Å². The fourth-order valence-electron chi connectivity index (χ4n) is 2.20. The van der Waals surface area contributed by atoms with Crippen LogP contribution in [0.3, 0.4) is 0 Å². The van der Waals surface area contributed by atoms with Gasteiger partial charge in [-0.2, -0.15) is 0 Å². The van der Waals surface area contributed by atoms with Gasteiger partial charge in [-0.1, -0.05) is 36.4 Å². The van der Waals surface area contributed by atoms with Gasteiger partial charge in [-0.3, -0.25) is 4.79 Å². The Balaban J connectivity index is 1.96. The summed E-state index contributed by atoms with van der Waals surface area (Å²) in [5.41, 5.74) is 1.21. The number of benzene rings is 1. The predicted octanol–water partition coefficient (Wildman–Crippen LogP) is 2.01. The number of carbonyl (C=O) groups is 1. The lowest BCUT2D eigenvalue weighted by Crippen LogP contribution is -2.26. The van der Waals surface area contributed by atoms with Crippen LogP contribution in [0.25, 0.3) is 0 Å². The van der Waals surface area contributed by atoms with Crippen LogP contribution in [0.15, 0.2) is 54.9 Å². The molecule has 0 fully saturated rings. The van der Waals surface area contributed by atoms with E-state index in [1.807, 2.05) is 49.5 Å². The second kappa shape index (κ2) is 8.29. The molecule has 1 amide bonds. The van der Waals surface area contributed by atoms with Crippen molar-refractivity contribution < 1.29 is 4.79 Å². The second-order valence-electron chi connectivity index (χ2n) is 5.82. The van der Waals surface area contributed by atoms with Crippen molar-refractivity contribution in [2.24, 2.45) is 0 Å². The highest BCUT2D eigenvalue weighted by molar-refractivity contribution is 5.87. The van der Waals surface area contributed by atoms with Crippen molar-refractivity contribution in [3.63, 3.8) is 0 Å². The Morgan fingerprint density at radius 1 is 1.22 bits per heavy atom. The Morgan fingerprint density at radius 2 is 1.96 bits per heavy atom. The van der Waals surface area contributed by atoms with Crippen molar-refractivity contribution in [1.82, 2.24) is 19.4 Å². The average Bonchev–Trinajstić information content (AvgIpc) is 2.94. The molecule has 1 heterocycles. The Morgan fingerprint density at radius 3 is 2.65 bits per heavy atom. The van der Waals surface area contributed by atoms with Crippen molar-refractivity contribution in [3.8, 4) is 0 Å². The Labute approximate surface area is 137 Å². The van der Waals surface area contributed by atoms with Gasteiger partial charge in [-0.25, -0.2) is 4.98 Å². The third kappa shape index (κ3) is 5.38. The number of rotatable bonds is 7. The van der Waals surface area contributed by atoms with Gasteiger partial charge in [-0.15, -0.1) is 0 Å². The standard InChI is InChI=1S/C18H24N4O/c1-20(2)12-7-10-18(23)21(3)15-17-19-11-13-22(17)14-16-8-5-4-6-9-16/h4-11,13H,12,14-15H2,1-3H3/b10-7+. The Kier molecular flexibility index (Phi) is 6.11. The first-order valence-corrected chi connectivity index (χ1v) is 7.66. The summed E-state index contributed by atoms with van der Waals surface area (Å²) in [5, 5.41) is 0. The van der Waals surface area contributed by atoms with Gasteiger partial charge >= 0.3 is 0 Å².